The predicted octanol–water partition coefficient (Wildman–Crippen LogP) is 1.54. The van der Waals surface area contributed by atoms with Gasteiger partial charge in [0.15, 0.2) is 5.54 Å². The number of carboxylic acid groups (broad SMARTS) is 2. The number of carbonyl (C=O) groups excluding carboxylic acids is 1. The normalized spacial score (nSPS) is 25.1. The third-order valence-electron chi connectivity index (χ3n) is 3.57. The molecule has 0 spiro atoms. The van der Waals surface area contributed by atoms with Crippen molar-refractivity contribution in [3.63, 3.8) is 0 Å². The Labute approximate surface area is 129 Å². The van der Waals surface area contributed by atoms with Gasteiger partial charge in [-0.25, -0.2) is 9.59 Å². The number of hydrogen-bond acceptors (Lipinski definition) is 5. The fraction of sp³-hybridized carbons (Fsp3) is 0.786. The monoisotopic (exact) mass is 317 g/mol. The number of esters is 1. The lowest BCUT2D eigenvalue weighted by Gasteiger charge is -2.38. The molecule has 8 nitrogen and oxygen atoms in total. The maximum Gasteiger partial charge on any atom is 0.410 e. The van der Waals surface area contributed by atoms with E-state index in [2.05, 4.69) is 0 Å². The highest BCUT2D eigenvalue weighted by Gasteiger charge is 2.58. The van der Waals surface area contributed by atoms with Gasteiger partial charge in [-0.2, -0.15) is 0 Å². The first kappa shape index (κ1) is 18.2. The predicted molar refractivity (Wildman–Crippen MR) is 75.3 cm³/mol. The molecule has 0 aliphatic carbocycles. The maximum atomic E-state index is 11.7. The smallest absolute Gasteiger partial charge is 0.410 e. The van der Waals surface area contributed by atoms with E-state index in [4.69, 9.17) is 9.47 Å². The minimum Gasteiger partial charge on any atom is -0.479 e. The van der Waals surface area contributed by atoms with Crippen LogP contribution in [0.25, 0.3) is 0 Å². The molecular weight excluding hydrogens is 294 g/mol. The first-order chi connectivity index (χ1) is 10.1. The third kappa shape index (κ3) is 3.49. The first-order valence-electron chi connectivity index (χ1n) is 7.09. The number of amides is 1. The van der Waals surface area contributed by atoms with Gasteiger partial charge in [-0.15, -0.1) is 0 Å². The average Bonchev–Trinajstić information content (AvgIpc) is 2.77. The molecule has 0 bridgehead atoms. The zero-order valence-corrected chi connectivity index (χ0v) is 13.3. The van der Waals surface area contributed by atoms with E-state index in [-0.39, 0.29) is 26.1 Å². The van der Waals surface area contributed by atoms with Crippen molar-refractivity contribution in [2.75, 3.05) is 13.2 Å². The summed E-state index contributed by atoms with van der Waals surface area (Å²) in [5.74, 6) is -1.89. The molecule has 1 amide bonds. The summed E-state index contributed by atoms with van der Waals surface area (Å²) in [5, 5.41) is 19.0. The lowest BCUT2D eigenvalue weighted by molar-refractivity contribution is -0.151. The molecule has 1 heterocycles. The number of carbonyl (C=O) groups is 3. The van der Waals surface area contributed by atoms with Gasteiger partial charge in [-0.1, -0.05) is 20.8 Å². The molecule has 2 atom stereocenters. The Kier molecular flexibility index (Phi) is 5.39. The van der Waals surface area contributed by atoms with Gasteiger partial charge in [0, 0.05) is 11.8 Å². The van der Waals surface area contributed by atoms with Crippen LogP contribution in [0.1, 0.15) is 40.5 Å². The van der Waals surface area contributed by atoms with Crippen molar-refractivity contribution in [2.24, 2.45) is 5.41 Å². The summed E-state index contributed by atoms with van der Waals surface area (Å²) in [5.41, 5.74) is -2.38. The molecule has 1 aliphatic rings. The Morgan fingerprint density at radius 2 is 1.91 bits per heavy atom. The molecule has 1 fully saturated rings. The molecule has 1 rings (SSSR count). The van der Waals surface area contributed by atoms with E-state index in [0.29, 0.717) is 0 Å². The van der Waals surface area contributed by atoms with Crippen LogP contribution in [0.15, 0.2) is 0 Å². The van der Waals surface area contributed by atoms with Crippen molar-refractivity contribution in [3.8, 4) is 0 Å². The van der Waals surface area contributed by atoms with Crippen LogP contribution in [-0.4, -0.2) is 58.1 Å². The van der Waals surface area contributed by atoms with Crippen molar-refractivity contribution in [3.05, 3.63) is 0 Å². The molecule has 0 saturated carbocycles. The second kappa shape index (κ2) is 6.51. The van der Waals surface area contributed by atoms with Crippen molar-refractivity contribution in [1.82, 2.24) is 4.90 Å². The van der Waals surface area contributed by atoms with Crippen molar-refractivity contribution >= 4 is 18.0 Å². The van der Waals surface area contributed by atoms with Gasteiger partial charge >= 0.3 is 18.0 Å². The van der Waals surface area contributed by atoms with Crippen molar-refractivity contribution < 1.29 is 34.1 Å². The average molecular weight is 317 g/mol. The largest absolute Gasteiger partial charge is 0.479 e. The molecule has 8 heteroatoms. The van der Waals surface area contributed by atoms with Gasteiger partial charge in [0.2, 0.25) is 0 Å². The fourth-order valence-corrected chi connectivity index (χ4v) is 2.51. The van der Waals surface area contributed by atoms with Crippen LogP contribution in [0.5, 0.6) is 0 Å². The number of hydrogen-bond donors (Lipinski definition) is 2. The summed E-state index contributed by atoms with van der Waals surface area (Å²) in [4.78, 5) is 35.7. The molecule has 0 radical (unpaired) electrons. The Morgan fingerprint density at radius 1 is 1.32 bits per heavy atom. The van der Waals surface area contributed by atoms with Crippen molar-refractivity contribution in [1.29, 1.82) is 0 Å². The van der Waals surface area contributed by atoms with E-state index in [1.165, 1.54) is 0 Å². The number of carboxylic acids is 1. The Hall–Kier alpha value is -1.83. The molecule has 126 valence electrons. The highest BCUT2D eigenvalue weighted by atomic mass is 16.5. The van der Waals surface area contributed by atoms with E-state index in [1.54, 1.807) is 27.7 Å². The van der Waals surface area contributed by atoms with Crippen LogP contribution < -0.4 is 0 Å². The maximum absolute atomic E-state index is 11.7. The van der Waals surface area contributed by atoms with Crippen LogP contribution in [0, 0.1) is 5.41 Å². The first-order valence-corrected chi connectivity index (χ1v) is 7.09. The van der Waals surface area contributed by atoms with Crippen LogP contribution in [0.4, 0.5) is 4.79 Å². The zero-order valence-electron chi connectivity index (χ0n) is 13.3. The van der Waals surface area contributed by atoms with Crippen LogP contribution in [-0.2, 0) is 19.1 Å². The van der Waals surface area contributed by atoms with E-state index < -0.39 is 35.2 Å². The zero-order chi connectivity index (χ0) is 17.1. The van der Waals surface area contributed by atoms with E-state index in [9.17, 15) is 24.6 Å². The van der Waals surface area contributed by atoms with Gasteiger partial charge < -0.3 is 19.7 Å². The Bertz CT molecular complexity index is 457. The van der Waals surface area contributed by atoms with Crippen LogP contribution in [0.3, 0.4) is 0 Å². The topological polar surface area (TPSA) is 113 Å². The Balaban J connectivity index is 3.08. The summed E-state index contributed by atoms with van der Waals surface area (Å²) in [6.07, 6.45) is -2.67. The number of nitrogens with zero attached hydrogens (tertiary/aromatic N) is 1. The summed E-state index contributed by atoms with van der Waals surface area (Å²) in [6.45, 7) is 6.81. The van der Waals surface area contributed by atoms with Gasteiger partial charge in [0.05, 0.1) is 13.2 Å². The molecule has 0 aromatic carbocycles. The number of aliphatic carboxylic acids is 1. The highest BCUT2D eigenvalue weighted by Crippen LogP contribution is 2.39. The third-order valence-corrected chi connectivity index (χ3v) is 3.57. The molecule has 0 unspecified atom stereocenters. The van der Waals surface area contributed by atoms with Gasteiger partial charge in [0.1, 0.15) is 6.23 Å². The minimum absolute atomic E-state index is 0.183. The molecule has 1 saturated heterocycles. The van der Waals surface area contributed by atoms with Crippen LogP contribution in [0.2, 0.25) is 0 Å². The van der Waals surface area contributed by atoms with Crippen molar-refractivity contribution in [2.45, 2.75) is 52.3 Å². The van der Waals surface area contributed by atoms with Gasteiger partial charge in [0.25, 0.3) is 0 Å². The second-order valence-corrected chi connectivity index (χ2v) is 6.32. The standard InChI is InChI=1S/C14H23NO7/c1-5-21-9(16)6-7-14(11(17)18)8-22-10(13(2,3)4)15(14)12(19)20/h10H,5-8H2,1-4H3,(H,17,18)(H,19,20)/t10-,14+/m0/s1. The number of rotatable bonds is 5. The summed E-state index contributed by atoms with van der Waals surface area (Å²) >= 11 is 0. The molecule has 1 aliphatic heterocycles. The lowest BCUT2D eigenvalue weighted by Crippen LogP contribution is -2.59. The molecule has 2 N–H and O–H groups in total. The second-order valence-electron chi connectivity index (χ2n) is 6.32. The summed E-state index contributed by atoms with van der Waals surface area (Å²) in [7, 11) is 0. The van der Waals surface area contributed by atoms with E-state index in [0.717, 1.165) is 4.90 Å². The lowest BCUT2D eigenvalue weighted by atomic mass is 9.89. The SMILES string of the molecule is CCOC(=O)CC[C@]1(C(=O)O)CO[C@@H](C(C)(C)C)N1C(=O)O. The molecule has 22 heavy (non-hydrogen) atoms. The van der Waals surface area contributed by atoms with Crippen LogP contribution >= 0.6 is 0 Å². The molecule has 0 aromatic rings. The quantitative estimate of drug-likeness (QED) is 0.739. The van der Waals surface area contributed by atoms with E-state index >= 15 is 0 Å². The summed E-state index contributed by atoms with van der Waals surface area (Å²) in [6, 6.07) is 0. The van der Waals surface area contributed by atoms with E-state index in [1.807, 2.05) is 0 Å². The Morgan fingerprint density at radius 3 is 2.32 bits per heavy atom. The van der Waals surface area contributed by atoms with Gasteiger partial charge in [-0.05, 0) is 13.3 Å². The molecule has 0 aromatic heterocycles. The number of ether oxygens (including phenoxy) is 2. The molecular formula is C14H23NO7. The van der Waals surface area contributed by atoms with Gasteiger partial charge in [-0.3, -0.25) is 9.69 Å². The minimum atomic E-state index is -1.78. The fourth-order valence-electron chi connectivity index (χ4n) is 2.51. The summed E-state index contributed by atoms with van der Waals surface area (Å²) < 4.78 is 10.3. The highest BCUT2D eigenvalue weighted by molar-refractivity contribution is 5.85.